The van der Waals surface area contributed by atoms with E-state index in [1.165, 1.54) is 0 Å². The molecule has 0 aromatic heterocycles. The van der Waals surface area contributed by atoms with Crippen LogP contribution < -0.4 is 9.47 Å². The lowest BCUT2D eigenvalue weighted by molar-refractivity contribution is -0.119. The molecular weight excluding hydrogens is 376 g/mol. The number of carbonyl (C=O) groups excluding carboxylic acids is 1. The molecule has 0 saturated heterocycles. The van der Waals surface area contributed by atoms with Crippen LogP contribution in [0.25, 0.3) is 0 Å². The summed E-state index contributed by atoms with van der Waals surface area (Å²) in [5.41, 5.74) is 0.721. The molecule has 0 fully saturated rings. The summed E-state index contributed by atoms with van der Waals surface area (Å²) in [6.45, 7) is 7.22. The molecule has 6 heteroatoms. The topological polar surface area (TPSA) is 69.7 Å². The minimum absolute atomic E-state index is 0.0187. The van der Waals surface area contributed by atoms with Gasteiger partial charge in [-0.05, 0) is 62.9 Å². The molecule has 0 heterocycles. The van der Waals surface area contributed by atoms with Crippen molar-refractivity contribution in [3.63, 3.8) is 0 Å². The number of rotatable bonds is 9. The Labute approximate surface area is 167 Å². The van der Waals surface area contributed by atoms with Crippen molar-refractivity contribution in [3.8, 4) is 11.5 Å². The van der Waals surface area contributed by atoms with E-state index in [-0.39, 0.29) is 11.7 Å². The van der Waals surface area contributed by atoms with E-state index >= 15 is 0 Å². The average molecular weight is 405 g/mol. The minimum atomic E-state index is -3.37. The molecule has 0 spiro atoms. The highest BCUT2D eigenvalue weighted by atomic mass is 32.2. The quantitative estimate of drug-likeness (QED) is 0.582. The number of aryl methyl sites for hydroxylation is 1. The van der Waals surface area contributed by atoms with Gasteiger partial charge in [-0.15, -0.1) is 0 Å². The first-order chi connectivity index (χ1) is 13.1. The highest BCUT2D eigenvalue weighted by Crippen LogP contribution is 2.36. The van der Waals surface area contributed by atoms with E-state index in [9.17, 15) is 13.2 Å². The van der Waals surface area contributed by atoms with Gasteiger partial charge in [-0.2, -0.15) is 0 Å². The molecule has 0 radical (unpaired) electrons. The summed E-state index contributed by atoms with van der Waals surface area (Å²) in [5.74, 6) is 1.18. The summed E-state index contributed by atoms with van der Waals surface area (Å²) in [7, 11) is -1.78. The summed E-state index contributed by atoms with van der Waals surface area (Å²) in [5, 5.41) is 0. The Balaban J connectivity index is 2.30. The normalized spacial score (nSPS) is 13.0. The van der Waals surface area contributed by atoms with Crippen LogP contribution in [0.15, 0.2) is 47.4 Å². The minimum Gasteiger partial charge on any atom is -0.496 e. The summed E-state index contributed by atoms with van der Waals surface area (Å²) >= 11 is 0. The van der Waals surface area contributed by atoms with E-state index in [2.05, 4.69) is 0 Å². The van der Waals surface area contributed by atoms with Gasteiger partial charge in [-0.1, -0.05) is 25.1 Å². The number of ether oxygens (including phenoxy) is 2. The Bertz CT molecular complexity index is 917. The van der Waals surface area contributed by atoms with Crippen molar-refractivity contribution >= 4 is 16.1 Å². The molecule has 1 atom stereocenters. The lowest BCUT2D eigenvalue weighted by atomic mass is 9.95. The Morgan fingerprint density at radius 2 is 1.75 bits per heavy atom. The third-order valence-corrected chi connectivity index (χ3v) is 6.40. The molecule has 5 nitrogen and oxygen atoms in total. The van der Waals surface area contributed by atoms with Crippen molar-refractivity contribution in [2.75, 3.05) is 12.9 Å². The number of hydrogen-bond donors (Lipinski definition) is 0. The van der Waals surface area contributed by atoms with Crippen LogP contribution in [0.4, 0.5) is 0 Å². The van der Waals surface area contributed by atoms with Crippen LogP contribution in [0, 0.1) is 6.92 Å². The summed E-state index contributed by atoms with van der Waals surface area (Å²) in [6, 6.07) is 12.1. The number of sulfone groups is 1. The second-order valence-electron chi connectivity index (χ2n) is 7.50. The molecule has 2 rings (SSSR count). The van der Waals surface area contributed by atoms with E-state index in [1.807, 2.05) is 26.0 Å². The fourth-order valence-corrected chi connectivity index (χ4v) is 4.38. The van der Waals surface area contributed by atoms with Crippen molar-refractivity contribution < 1.29 is 22.7 Å². The molecule has 28 heavy (non-hydrogen) atoms. The van der Waals surface area contributed by atoms with Crippen LogP contribution in [0.2, 0.25) is 0 Å². The van der Waals surface area contributed by atoms with Crippen LogP contribution in [-0.2, 0) is 14.6 Å². The fraction of sp³-hybridized carbons (Fsp3) is 0.409. The number of hydrogen-bond acceptors (Lipinski definition) is 5. The summed E-state index contributed by atoms with van der Waals surface area (Å²) in [6.07, 6.45) is 1.17. The van der Waals surface area contributed by atoms with Gasteiger partial charge in [0.15, 0.2) is 21.7 Å². The molecule has 0 aliphatic heterocycles. The highest BCUT2D eigenvalue weighted by Gasteiger charge is 2.24. The lowest BCUT2D eigenvalue weighted by Gasteiger charge is -2.25. The average Bonchev–Trinajstić information content (AvgIpc) is 2.67. The molecule has 0 amide bonds. The highest BCUT2D eigenvalue weighted by molar-refractivity contribution is 7.91. The Morgan fingerprint density at radius 1 is 1.11 bits per heavy atom. The third-order valence-electron chi connectivity index (χ3n) is 4.64. The Kier molecular flexibility index (Phi) is 6.88. The van der Waals surface area contributed by atoms with Crippen LogP contribution >= 0.6 is 0 Å². The first kappa shape index (κ1) is 22.0. The Hall–Kier alpha value is -2.34. The zero-order valence-corrected chi connectivity index (χ0v) is 17.9. The zero-order valence-electron chi connectivity index (χ0n) is 17.1. The van der Waals surface area contributed by atoms with E-state index in [0.29, 0.717) is 22.8 Å². The number of carbonyl (C=O) groups is 1. The second kappa shape index (κ2) is 8.78. The van der Waals surface area contributed by atoms with Crippen LogP contribution in [-0.4, -0.2) is 33.2 Å². The van der Waals surface area contributed by atoms with E-state index in [4.69, 9.17) is 9.47 Å². The van der Waals surface area contributed by atoms with Crippen LogP contribution in [0.3, 0.4) is 0 Å². The fourth-order valence-electron chi connectivity index (χ4n) is 2.91. The first-order valence-corrected chi connectivity index (χ1v) is 10.9. The molecule has 0 saturated carbocycles. The molecule has 2 aromatic carbocycles. The van der Waals surface area contributed by atoms with Gasteiger partial charge in [0, 0.05) is 5.56 Å². The predicted octanol–water partition coefficient (Wildman–Crippen LogP) is 4.33. The molecule has 2 aromatic rings. The van der Waals surface area contributed by atoms with Gasteiger partial charge in [0.1, 0.15) is 11.5 Å². The summed E-state index contributed by atoms with van der Waals surface area (Å²) in [4.78, 5) is 11.6. The van der Waals surface area contributed by atoms with Crippen molar-refractivity contribution in [2.24, 2.45) is 0 Å². The van der Waals surface area contributed by atoms with Crippen LogP contribution in [0.1, 0.15) is 44.2 Å². The van der Waals surface area contributed by atoms with Gasteiger partial charge in [-0.25, -0.2) is 8.42 Å². The van der Waals surface area contributed by atoms with Gasteiger partial charge < -0.3 is 9.47 Å². The molecule has 1 unspecified atom stereocenters. The molecule has 152 valence electrons. The standard InChI is InChI=1S/C22H28O5S/c1-16(11-12-28(24,25)18-9-7-6-8-10-18)19-14-20(26-5)17(2)13-21(19)27-22(3,4)15-23/h6-10,13-16H,11-12H2,1-5H3. The second-order valence-corrected chi connectivity index (χ2v) is 9.61. The molecule has 0 N–H and O–H groups in total. The van der Waals surface area contributed by atoms with Gasteiger partial charge in [0.05, 0.1) is 17.8 Å². The van der Waals surface area contributed by atoms with Gasteiger partial charge in [0.25, 0.3) is 0 Å². The predicted molar refractivity (Wildman–Crippen MR) is 110 cm³/mol. The monoisotopic (exact) mass is 404 g/mol. The number of methoxy groups -OCH3 is 1. The van der Waals surface area contributed by atoms with Crippen molar-refractivity contribution in [1.82, 2.24) is 0 Å². The zero-order chi connectivity index (χ0) is 20.9. The van der Waals surface area contributed by atoms with E-state index in [0.717, 1.165) is 17.4 Å². The number of benzene rings is 2. The lowest BCUT2D eigenvalue weighted by Crippen LogP contribution is -2.30. The smallest absolute Gasteiger partial charge is 0.178 e. The van der Waals surface area contributed by atoms with Gasteiger partial charge >= 0.3 is 0 Å². The Morgan fingerprint density at radius 3 is 2.32 bits per heavy atom. The van der Waals surface area contributed by atoms with Crippen LogP contribution in [0.5, 0.6) is 11.5 Å². The van der Waals surface area contributed by atoms with Crippen molar-refractivity contribution in [2.45, 2.75) is 50.5 Å². The molecule has 0 bridgehead atoms. The first-order valence-electron chi connectivity index (χ1n) is 9.21. The third kappa shape index (κ3) is 5.35. The molecule has 0 aliphatic rings. The molecule has 0 aliphatic carbocycles. The van der Waals surface area contributed by atoms with Gasteiger partial charge in [0.2, 0.25) is 0 Å². The largest absolute Gasteiger partial charge is 0.496 e. The SMILES string of the molecule is COc1cc(C(C)CCS(=O)(=O)c2ccccc2)c(OC(C)(C)C=O)cc1C. The maximum Gasteiger partial charge on any atom is 0.178 e. The van der Waals surface area contributed by atoms with Crippen molar-refractivity contribution in [1.29, 1.82) is 0 Å². The maximum absolute atomic E-state index is 12.6. The van der Waals surface area contributed by atoms with Gasteiger partial charge in [-0.3, -0.25) is 4.79 Å². The summed E-state index contributed by atoms with van der Waals surface area (Å²) < 4.78 is 36.6. The van der Waals surface area contributed by atoms with E-state index in [1.54, 1.807) is 51.3 Å². The van der Waals surface area contributed by atoms with Crippen molar-refractivity contribution in [3.05, 3.63) is 53.6 Å². The number of aldehydes is 1. The maximum atomic E-state index is 12.6. The van der Waals surface area contributed by atoms with E-state index < -0.39 is 15.4 Å². The molecular formula is C22H28O5S.